The van der Waals surface area contributed by atoms with Gasteiger partial charge in [-0.05, 0) is 78.7 Å². The second-order valence-electron chi connectivity index (χ2n) is 12.9. The third-order valence-corrected chi connectivity index (χ3v) is 10.1. The molecule has 1 aliphatic carbocycles. The summed E-state index contributed by atoms with van der Waals surface area (Å²) in [6.45, 7) is 2.15. The zero-order valence-corrected chi connectivity index (χ0v) is 31.0. The fraction of sp³-hybridized carbons (Fsp3) is 0.0652. The Bertz CT molecular complexity index is 2470. The second-order valence-corrected chi connectivity index (χ2v) is 14.3. The van der Waals surface area contributed by atoms with E-state index in [1.807, 2.05) is 30.3 Å². The first kappa shape index (κ1) is 37.3. The monoisotopic (exact) mass is 757 g/mol. The number of fused-ring (bicyclic) bond motifs is 2. The number of benzene rings is 6. The SMILES string of the molecule is CC(Sc1ccc(NC(=O)/C(=C/c2ccc(OCc3ccccc3)cc2)NC(=O)c2ccccc2)cc1)C(=O)Nc1cccc2c1C(=O)c1ccccc1C2=O. The molecule has 7 rings (SSSR count). The fourth-order valence-electron chi connectivity index (χ4n) is 6.07. The number of carbonyl (C=O) groups is 5. The zero-order valence-electron chi connectivity index (χ0n) is 30.2. The number of carbonyl (C=O) groups excluding carboxylic acids is 5. The molecule has 1 aliphatic rings. The quantitative estimate of drug-likeness (QED) is 0.0841. The molecule has 0 aliphatic heterocycles. The van der Waals surface area contributed by atoms with Crippen molar-refractivity contribution in [1.82, 2.24) is 5.32 Å². The Hall–Kier alpha value is -7.04. The first-order valence-corrected chi connectivity index (χ1v) is 18.7. The van der Waals surface area contributed by atoms with Gasteiger partial charge in [0.25, 0.3) is 11.8 Å². The number of ether oxygens (including phenoxy) is 1. The lowest BCUT2D eigenvalue weighted by Crippen LogP contribution is -2.30. The van der Waals surface area contributed by atoms with Crippen LogP contribution in [0.1, 0.15) is 60.3 Å². The van der Waals surface area contributed by atoms with Gasteiger partial charge in [0.1, 0.15) is 18.1 Å². The molecule has 0 heterocycles. The number of nitrogens with one attached hydrogen (secondary N) is 3. The molecule has 0 fully saturated rings. The maximum Gasteiger partial charge on any atom is 0.272 e. The smallest absolute Gasteiger partial charge is 0.272 e. The highest BCUT2D eigenvalue weighted by Gasteiger charge is 2.32. The van der Waals surface area contributed by atoms with Crippen LogP contribution < -0.4 is 20.7 Å². The predicted octanol–water partition coefficient (Wildman–Crippen LogP) is 8.57. The van der Waals surface area contributed by atoms with Crippen LogP contribution >= 0.6 is 11.8 Å². The van der Waals surface area contributed by atoms with Gasteiger partial charge in [0.15, 0.2) is 11.6 Å². The van der Waals surface area contributed by atoms with Crippen LogP contribution in [0.25, 0.3) is 6.08 Å². The third-order valence-electron chi connectivity index (χ3n) is 8.97. The fourth-order valence-corrected chi connectivity index (χ4v) is 6.93. The minimum absolute atomic E-state index is 0.0346. The van der Waals surface area contributed by atoms with Crippen molar-refractivity contribution in [3.8, 4) is 5.75 Å². The molecule has 3 N–H and O–H groups in total. The molecular weight excluding hydrogens is 723 g/mol. The number of amides is 3. The van der Waals surface area contributed by atoms with Crippen LogP contribution in [0.2, 0.25) is 0 Å². The minimum atomic E-state index is -0.578. The van der Waals surface area contributed by atoms with Gasteiger partial charge in [-0.2, -0.15) is 0 Å². The topological polar surface area (TPSA) is 131 Å². The van der Waals surface area contributed by atoms with E-state index in [0.717, 1.165) is 10.5 Å². The predicted molar refractivity (Wildman–Crippen MR) is 218 cm³/mol. The van der Waals surface area contributed by atoms with Gasteiger partial charge in [0.2, 0.25) is 5.91 Å². The van der Waals surface area contributed by atoms with E-state index in [1.165, 1.54) is 11.8 Å². The summed E-state index contributed by atoms with van der Waals surface area (Å²) in [6.07, 6.45) is 1.59. The molecule has 6 aromatic carbocycles. The summed E-state index contributed by atoms with van der Waals surface area (Å²) in [5.41, 5.74) is 3.98. The summed E-state index contributed by atoms with van der Waals surface area (Å²) >= 11 is 1.29. The van der Waals surface area contributed by atoms with Crippen molar-refractivity contribution in [2.75, 3.05) is 10.6 Å². The second kappa shape index (κ2) is 17.0. The Labute approximate surface area is 327 Å². The van der Waals surface area contributed by atoms with E-state index in [1.54, 1.807) is 134 Å². The van der Waals surface area contributed by atoms with Gasteiger partial charge in [-0.3, -0.25) is 24.0 Å². The molecule has 0 spiro atoms. The zero-order chi connectivity index (χ0) is 39.0. The molecule has 6 aromatic rings. The lowest BCUT2D eigenvalue weighted by molar-refractivity contribution is -0.115. The van der Waals surface area contributed by atoms with E-state index >= 15 is 0 Å². The van der Waals surface area contributed by atoms with Crippen LogP contribution in [0, 0.1) is 0 Å². The molecule has 0 radical (unpaired) electrons. The van der Waals surface area contributed by atoms with Crippen LogP contribution in [-0.4, -0.2) is 34.5 Å². The number of rotatable bonds is 12. The van der Waals surface area contributed by atoms with Crippen LogP contribution in [0.5, 0.6) is 5.75 Å². The summed E-state index contributed by atoms with van der Waals surface area (Å²) in [6, 6.07) is 44.1. The molecule has 0 saturated carbocycles. The molecule has 276 valence electrons. The summed E-state index contributed by atoms with van der Waals surface area (Å²) in [5.74, 6) is -1.24. The van der Waals surface area contributed by atoms with Gasteiger partial charge in [0.05, 0.1) is 16.5 Å². The summed E-state index contributed by atoms with van der Waals surface area (Å²) in [7, 11) is 0. The number of thioether (sulfide) groups is 1. The van der Waals surface area contributed by atoms with Crippen molar-refractivity contribution in [2.45, 2.75) is 23.7 Å². The van der Waals surface area contributed by atoms with Gasteiger partial charge < -0.3 is 20.7 Å². The molecule has 9 nitrogen and oxygen atoms in total. The molecule has 0 saturated heterocycles. The minimum Gasteiger partial charge on any atom is -0.489 e. The Morgan fingerprint density at radius 2 is 1.29 bits per heavy atom. The summed E-state index contributed by atoms with van der Waals surface area (Å²) in [5, 5.41) is 7.88. The molecular formula is C46H35N3O6S. The maximum absolute atomic E-state index is 13.6. The Kier molecular flexibility index (Phi) is 11.3. The largest absolute Gasteiger partial charge is 0.489 e. The number of hydrogen-bond donors (Lipinski definition) is 3. The van der Waals surface area contributed by atoms with Crippen molar-refractivity contribution in [2.24, 2.45) is 0 Å². The molecule has 1 unspecified atom stereocenters. The van der Waals surface area contributed by atoms with Crippen molar-refractivity contribution in [3.05, 3.63) is 196 Å². The first-order valence-electron chi connectivity index (χ1n) is 17.8. The number of hydrogen-bond acceptors (Lipinski definition) is 7. The van der Waals surface area contributed by atoms with Gasteiger partial charge in [-0.15, -0.1) is 11.8 Å². The number of ketones is 2. The van der Waals surface area contributed by atoms with E-state index in [9.17, 15) is 24.0 Å². The molecule has 10 heteroatoms. The maximum atomic E-state index is 13.6. The third kappa shape index (κ3) is 8.67. The standard InChI is InChI=1S/C46H35N3O6S/c1-29(44(52)48-39-18-10-17-38-41(39)43(51)37-16-9-8-15-36(37)42(38)50)56-35-25-21-33(22-26-35)47-46(54)40(49-45(53)32-13-6-3-7-14-32)27-30-19-23-34(24-20-30)55-28-31-11-4-2-5-12-31/h2-27,29H,28H2,1H3,(H,47,54)(H,48,52)(H,49,53)/b40-27-. The first-order chi connectivity index (χ1) is 27.2. The van der Waals surface area contributed by atoms with Gasteiger partial charge in [-0.25, -0.2) is 0 Å². The molecule has 1 atom stereocenters. The highest BCUT2D eigenvalue weighted by atomic mass is 32.2. The Morgan fingerprint density at radius 1 is 0.661 bits per heavy atom. The van der Waals surface area contributed by atoms with Gasteiger partial charge >= 0.3 is 0 Å². The van der Waals surface area contributed by atoms with Gasteiger partial charge in [-0.1, -0.05) is 97.1 Å². The highest BCUT2D eigenvalue weighted by molar-refractivity contribution is 8.00. The highest BCUT2D eigenvalue weighted by Crippen LogP contribution is 2.33. The van der Waals surface area contributed by atoms with E-state index in [4.69, 9.17) is 4.74 Å². The Morgan fingerprint density at radius 3 is 1.98 bits per heavy atom. The molecule has 3 amide bonds. The van der Waals surface area contributed by atoms with E-state index < -0.39 is 17.1 Å². The van der Waals surface area contributed by atoms with E-state index in [2.05, 4.69) is 16.0 Å². The van der Waals surface area contributed by atoms with Crippen LogP contribution in [0.15, 0.2) is 162 Å². The summed E-state index contributed by atoms with van der Waals surface area (Å²) < 4.78 is 5.90. The average molecular weight is 758 g/mol. The van der Waals surface area contributed by atoms with Crippen LogP contribution in [0.4, 0.5) is 11.4 Å². The lowest BCUT2D eigenvalue weighted by Gasteiger charge is -2.21. The van der Waals surface area contributed by atoms with Crippen LogP contribution in [0.3, 0.4) is 0 Å². The van der Waals surface area contributed by atoms with Crippen LogP contribution in [-0.2, 0) is 16.2 Å². The van der Waals surface area contributed by atoms with Crippen molar-refractivity contribution >= 4 is 58.5 Å². The van der Waals surface area contributed by atoms with E-state index in [0.29, 0.717) is 40.3 Å². The van der Waals surface area contributed by atoms with Crippen molar-refractivity contribution < 1.29 is 28.7 Å². The average Bonchev–Trinajstić information content (AvgIpc) is 3.23. The normalized spacial score (nSPS) is 12.5. The molecule has 0 bridgehead atoms. The summed E-state index contributed by atoms with van der Waals surface area (Å²) in [4.78, 5) is 67.4. The molecule has 56 heavy (non-hydrogen) atoms. The lowest BCUT2D eigenvalue weighted by atomic mass is 9.83. The van der Waals surface area contributed by atoms with E-state index in [-0.39, 0.29) is 40.0 Å². The van der Waals surface area contributed by atoms with Crippen molar-refractivity contribution in [1.29, 1.82) is 0 Å². The van der Waals surface area contributed by atoms with Gasteiger partial charge in [0, 0.05) is 32.8 Å². The Balaban J connectivity index is 1.01. The molecule has 0 aromatic heterocycles. The number of anilines is 2. The van der Waals surface area contributed by atoms with Crippen molar-refractivity contribution in [3.63, 3.8) is 0 Å².